The van der Waals surface area contributed by atoms with E-state index in [1.165, 1.54) is 12.1 Å². The third-order valence-electron chi connectivity index (χ3n) is 2.36. The minimum absolute atomic E-state index is 0.117. The van der Waals surface area contributed by atoms with Gasteiger partial charge in [-0.3, -0.25) is 0 Å². The third-order valence-corrected chi connectivity index (χ3v) is 2.36. The monoisotopic (exact) mass is 236 g/mol. The molecule has 2 aromatic rings. The molecule has 0 fully saturated rings. The van der Waals surface area contributed by atoms with Gasteiger partial charge in [-0.2, -0.15) is 0 Å². The van der Waals surface area contributed by atoms with Crippen LogP contribution in [-0.4, -0.2) is 20.4 Å². The van der Waals surface area contributed by atoms with Gasteiger partial charge in [0.05, 0.1) is 5.56 Å². The topological polar surface area (TPSA) is 80.9 Å². The van der Waals surface area contributed by atoms with Crippen LogP contribution < -0.4 is 0 Å². The van der Waals surface area contributed by atoms with Crippen LogP contribution in [0.2, 0.25) is 0 Å². The lowest BCUT2D eigenvalue weighted by Gasteiger charge is -2.09. The van der Waals surface area contributed by atoms with Gasteiger partial charge in [0.25, 0.3) is 0 Å². The van der Waals surface area contributed by atoms with Crippen LogP contribution in [0.4, 0.5) is 4.39 Å². The van der Waals surface area contributed by atoms with Crippen molar-refractivity contribution < 1.29 is 24.8 Å². The number of halogens is 1. The van der Waals surface area contributed by atoms with Crippen LogP contribution in [0, 0.1) is 5.82 Å². The quantitative estimate of drug-likeness (QED) is 0.452. The van der Waals surface area contributed by atoms with Gasteiger partial charge in [0, 0.05) is 11.6 Å². The molecule has 0 radical (unpaired) electrons. The number of aromatic hydroxyl groups is 4. The highest BCUT2D eigenvalue weighted by atomic mass is 19.1. The molecule has 4 nitrogen and oxygen atoms in total. The van der Waals surface area contributed by atoms with E-state index < -0.39 is 17.3 Å². The molecule has 5 heteroatoms. The maximum absolute atomic E-state index is 13.6. The Balaban J connectivity index is 2.72. The Morgan fingerprint density at radius 1 is 0.824 bits per heavy atom. The Morgan fingerprint density at radius 2 is 1.47 bits per heavy atom. The van der Waals surface area contributed by atoms with Crippen LogP contribution in [0.15, 0.2) is 30.3 Å². The van der Waals surface area contributed by atoms with Crippen LogP contribution in [-0.2, 0) is 0 Å². The van der Waals surface area contributed by atoms with Crippen molar-refractivity contribution in [2.75, 3.05) is 0 Å². The molecule has 0 aliphatic rings. The van der Waals surface area contributed by atoms with Gasteiger partial charge < -0.3 is 20.4 Å². The highest BCUT2D eigenvalue weighted by Crippen LogP contribution is 2.43. The predicted octanol–water partition coefficient (Wildman–Crippen LogP) is 2.32. The normalized spacial score (nSPS) is 10.4. The molecule has 0 saturated carbocycles. The first-order chi connectivity index (χ1) is 8.00. The van der Waals surface area contributed by atoms with Crippen molar-refractivity contribution in [3.63, 3.8) is 0 Å². The second kappa shape index (κ2) is 3.86. The molecule has 0 saturated heterocycles. The Bertz CT molecular complexity index is 581. The van der Waals surface area contributed by atoms with Crippen molar-refractivity contribution in [3.8, 4) is 34.1 Å². The highest BCUT2D eigenvalue weighted by molar-refractivity contribution is 5.79. The van der Waals surface area contributed by atoms with Crippen LogP contribution in [0.25, 0.3) is 11.1 Å². The summed E-state index contributed by atoms with van der Waals surface area (Å²) in [7, 11) is 0. The lowest BCUT2D eigenvalue weighted by molar-refractivity contribution is 0.398. The Kier molecular flexibility index (Phi) is 2.51. The van der Waals surface area contributed by atoms with E-state index in [-0.39, 0.29) is 22.6 Å². The van der Waals surface area contributed by atoms with Gasteiger partial charge in [0.1, 0.15) is 17.3 Å². The van der Waals surface area contributed by atoms with Gasteiger partial charge in [-0.25, -0.2) is 4.39 Å². The summed E-state index contributed by atoms with van der Waals surface area (Å²) in [4.78, 5) is 0. The smallest absolute Gasteiger partial charge is 0.169 e. The Labute approximate surface area is 95.8 Å². The van der Waals surface area contributed by atoms with Crippen molar-refractivity contribution in [2.24, 2.45) is 0 Å². The maximum Gasteiger partial charge on any atom is 0.169 e. The van der Waals surface area contributed by atoms with Gasteiger partial charge in [-0.1, -0.05) is 0 Å². The van der Waals surface area contributed by atoms with E-state index >= 15 is 0 Å². The predicted molar refractivity (Wildman–Crippen MR) is 58.5 cm³/mol. The molecular weight excluding hydrogens is 227 g/mol. The number of hydrogen-bond donors (Lipinski definition) is 4. The Morgan fingerprint density at radius 3 is 2.12 bits per heavy atom. The van der Waals surface area contributed by atoms with E-state index in [0.717, 1.165) is 18.2 Å². The molecule has 17 heavy (non-hydrogen) atoms. The first-order valence-electron chi connectivity index (χ1n) is 4.73. The van der Waals surface area contributed by atoms with E-state index in [4.69, 9.17) is 5.11 Å². The molecule has 0 aliphatic carbocycles. The number of benzene rings is 2. The number of hydrogen-bond acceptors (Lipinski definition) is 4. The molecule has 0 amide bonds. The molecular formula is C12H9FO4. The van der Waals surface area contributed by atoms with Crippen molar-refractivity contribution in [2.45, 2.75) is 0 Å². The summed E-state index contributed by atoms with van der Waals surface area (Å²) < 4.78 is 13.6. The average Bonchev–Trinajstić information content (AvgIpc) is 2.27. The summed E-state index contributed by atoms with van der Waals surface area (Å²) in [6.07, 6.45) is 0. The molecule has 88 valence electrons. The fourth-order valence-electron chi connectivity index (χ4n) is 1.54. The summed E-state index contributed by atoms with van der Waals surface area (Å²) in [5.74, 6) is -2.55. The fraction of sp³-hybridized carbons (Fsp3) is 0. The van der Waals surface area contributed by atoms with Crippen LogP contribution in [0.3, 0.4) is 0 Å². The van der Waals surface area contributed by atoms with E-state index in [2.05, 4.69) is 0 Å². The zero-order valence-corrected chi connectivity index (χ0v) is 8.55. The average molecular weight is 236 g/mol. The SMILES string of the molecule is Oc1ccc(-c2c(O)ccc(O)c2O)c(F)c1. The summed E-state index contributed by atoms with van der Waals surface area (Å²) in [6, 6.07) is 5.47. The van der Waals surface area contributed by atoms with Gasteiger partial charge in [0.2, 0.25) is 0 Å². The molecule has 2 rings (SSSR count). The van der Waals surface area contributed by atoms with E-state index in [0.29, 0.717) is 0 Å². The second-order valence-corrected chi connectivity index (χ2v) is 3.49. The van der Waals surface area contributed by atoms with Crippen LogP contribution in [0.1, 0.15) is 0 Å². The van der Waals surface area contributed by atoms with E-state index in [1.807, 2.05) is 0 Å². The molecule has 0 unspecified atom stereocenters. The summed E-state index contributed by atoms with van der Waals surface area (Å²) >= 11 is 0. The molecule has 0 aliphatic heterocycles. The minimum atomic E-state index is -0.818. The largest absolute Gasteiger partial charge is 0.508 e. The Hall–Kier alpha value is -2.43. The molecule has 4 N–H and O–H groups in total. The third kappa shape index (κ3) is 1.82. The minimum Gasteiger partial charge on any atom is -0.508 e. The highest BCUT2D eigenvalue weighted by Gasteiger charge is 2.17. The van der Waals surface area contributed by atoms with Crippen molar-refractivity contribution in [1.29, 1.82) is 0 Å². The van der Waals surface area contributed by atoms with Crippen LogP contribution >= 0.6 is 0 Å². The zero-order chi connectivity index (χ0) is 12.6. The molecule has 0 bridgehead atoms. The molecule has 0 spiro atoms. The van der Waals surface area contributed by atoms with Crippen molar-refractivity contribution >= 4 is 0 Å². The van der Waals surface area contributed by atoms with Crippen LogP contribution in [0.5, 0.6) is 23.0 Å². The van der Waals surface area contributed by atoms with Crippen molar-refractivity contribution in [1.82, 2.24) is 0 Å². The lowest BCUT2D eigenvalue weighted by atomic mass is 10.0. The van der Waals surface area contributed by atoms with E-state index in [1.54, 1.807) is 0 Å². The summed E-state index contributed by atoms with van der Waals surface area (Å²) in [5, 5.41) is 37.5. The number of rotatable bonds is 1. The first kappa shape index (κ1) is 11.1. The second-order valence-electron chi connectivity index (χ2n) is 3.49. The molecule has 0 atom stereocenters. The number of phenols is 4. The van der Waals surface area contributed by atoms with Gasteiger partial charge in [-0.15, -0.1) is 0 Å². The van der Waals surface area contributed by atoms with E-state index in [9.17, 15) is 19.7 Å². The zero-order valence-electron chi connectivity index (χ0n) is 8.55. The fourth-order valence-corrected chi connectivity index (χ4v) is 1.54. The molecule has 0 aromatic heterocycles. The number of phenolic OH excluding ortho intramolecular Hbond substituents is 4. The lowest BCUT2D eigenvalue weighted by Crippen LogP contribution is -1.86. The standard InChI is InChI=1S/C12H9FO4/c13-8-5-6(14)1-2-7(8)11-9(15)3-4-10(16)12(11)17/h1-5,14-17H. The van der Waals surface area contributed by atoms with Gasteiger partial charge in [-0.05, 0) is 24.3 Å². The molecule has 0 heterocycles. The van der Waals surface area contributed by atoms with Gasteiger partial charge in [0.15, 0.2) is 11.5 Å². The molecule has 2 aromatic carbocycles. The first-order valence-corrected chi connectivity index (χ1v) is 4.73. The van der Waals surface area contributed by atoms with Gasteiger partial charge >= 0.3 is 0 Å². The van der Waals surface area contributed by atoms with Crippen molar-refractivity contribution in [3.05, 3.63) is 36.1 Å². The summed E-state index contributed by atoms with van der Waals surface area (Å²) in [5.41, 5.74) is -0.337. The maximum atomic E-state index is 13.6. The summed E-state index contributed by atoms with van der Waals surface area (Å²) in [6.45, 7) is 0.